The van der Waals surface area contributed by atoms with E-state index in [4.69, 9.17) is 4.74 Å². The minimum Gasteiger partial charge on any atom is -0.422 e. The molecule has 0 aliphatic heterocycles. The van der Waals surface area contributed by atoms with Crippen LogP contribution >= 0.6 is 11.3 Å². The molecule has 30 heavy (non-hydrogen) atoms. The average molecular weight is 421 g/mol. The van der Waals surface area contributed by atoms with Gasteiger partial charge in [0.2, 0.25) is 0 Å². The second-order valence-corrected chi connectivity index (χ2v) is 7.27. The Morgan fingerprint density at radius 2 is 1.67 bits per heavy atom. The summed E-state index contributed by atoms with van der Waals surface area (Å²) in [6.07, 6.45) is 1.31. The Bertz CT molecular complexity index is 1090. The van der Waals surface area contributed by atoms with Crippen LogP contribution in [-0.4, -0.2) is 24.0 Å². The summed E-state index contributed by atoms with van der Waals surface area (Å²) in [5.74, 6) is -1.94. The van der Waals surface area contributed by atoms with Crippen molar-refractivity contribution in [1.29, 1.82) is 0 Å². The van der Waals surface area contributed by atoms with Crippen LogP contribution in [0.4, 0.5) is 5.69 Å². The predicted octanol–water partition coefficient (Wildman–Crippen LogP) is 3.67. The average Bonchev–Trinajstić information content (AvgIpc) is 3.27. The van der Waals surface area contributed by atoms with Crippen LogP contribution in [0.3, 0.4) is 0 Å². The summed E-state index contributed by atoms with van der Waals surface area (Å²) in [5, 5.41) is 8.17. The van der Waals surface area contributed by atoms with Crippen LogP contribution in [0.25, 0.3) is 0 Å². The van der Waals surface area contributed by atoms with Crippen LogP contribution in [-0.2, 0) is 9.59 Å². The number of nitrogens with one attached hydrogen (secondary N) is 2. The summed E-state index contributed by atoms with van der Waals surface area (Å²) < 4.78 is 5.39. The molecule has 0 bridgehead atoms. The minimum absolute atomic E-state index is 0.286. The van der Waals surface area contributed by atoms with Gasteiger partial charge in [0.1, 0.15) is 10.6 Å². The zero-order valence-corrected chi connectivity index (χ0v) is 17.2. The molecular formula is C22H19N3O4S. The van der Waals surface area contributed by atoms with E-state index in [1.807, 2.05) is 32.0 Å². The zero-order chi connectivity index (χ0) is 21.5. The Hall–Kier alpha value is -3.78. The fourth-order valence-electron chi connectivity index (χ4n) is 2.62. The number of ether oxygens (including phenoxy) is 1. The van der Waals surface area contributed by atoms with Crippen molar-refractivity contribution < 1.29 is 19.1 Å². The first kappa shape index (κ1) is 20.9. The van der Waals surface area contributed by atoms with Crippen molar-refractivity contribution in [2.45, 2.75) is 13.8 Å². The van der Waals surface area contributed by atoms with Gasteiger partial charge >= 0.3 is 17.8 Å². The smallest absolute Gasteiger partial charge is 0.353 e. The maximum Gasteiger partial charge on any atom is 0.353 e. The molecule has 0 aliphatic carbocycles. The highest BCUT2D eigenvalue weighted by atomic mass is 32.1. The molecule has 0 saturated carbocycles. The summed E-state index contributed by atoms with van der Waals surface area (Å²) in [5.41, 5.74) is 4.94. The first-order valence-corrected chi connectivity index (χ1v) is 9.89. The fraction of sp³-hybridized carbons (Fsp3) is 0.0909. The van der Waals surface area contributed by atoms with E-state index < -0.39 is 17.8 Å². The van der Waals surface area contributed by atoms with Crippen LogP contribution < -0.4 is 15.5 Å². The molecule has 2 N–H and O–H groups in total. The molecule has 0 aliphatic rings. The molecule has 0 atom stereocenters. The number of hydrogen-bond donors (Lipinski definition) is 2. The molecule has 7 nitrogen and oxygen atoms in total. The van der Waals surface area contributed by atoms with Gasteiger partial charge in [-0.2, -0.15) is 5.10 Å². The second kappa shape index (κ2) is 9.62. The molecule has 2 aromatic carbocycles. The number of amides is 2. The molecule has 0 radical (unpaired) electrons. The summed E-state index contributed by atoms with van der Waals surface area (Å²) in [7, 11) is 0. The topological polar surface area (TPSA) is 96.9 Å². The lowest BCUT2D eigenvalue weighted by Crippen LogP contribution is -2.32. The van der Waals surface area contributed by atoms with E-state index >= 15 is 0 Å². The number of anilines is 1. The van der Waals surface area contributed by atoms with E-state index in [9.17, 15) is 14.4 Å². The maximum absolute atomic E-state index is 12.1. The zero-order valence-electron chi connectivity index (χ0n) is 16.3. The summed E-state index contributed by atoms with van der Waals surface area (Å²) in [4.78, 5) is 36.8. The van der Waals surface area contributed by atoms with E-state index in [1.165, 1.54) is 17.6 Å². The Morgan fingerprint density at radius 3 is 2.37 bits per heavy atom. The highest BCUT2D eigenvalue weighted by Crippen LogP contribution is 2.20. The third-order valence-corrected chi connectivity index (χ3v) is 4.99. The van der Waals surface area contributed by atoms with Gasteiger partial charge in [0, 0.05) is 11.3 Å². The lowest BCUT2D eigenvalue weighted by atomic mass is 10.1. The fourth-order valence-corrected chi connectivity index (χ4v) is 3.22. The van der Waals surface area contributed by atoms with Gasteiger partial charge in [-0.1, -0.05) is 36.4 Å². The Kier molecular flexibility index (Phi) is 6.71. The molecule has 8 heteroatoms. The standard InChI is InChI=1S/C22H19N3O4S/c1-14-7-5-8-15(2)19(14)24-20(26)21(27)25-23-13-16-9-3-4-10-17(16)29-22(28)18-11-6-12-30-18/h3-13H,1-2H3,(H,24,26)(H,25,27)/b23-13+. The first-order valence-electron chi connectivity index (χ1n) is 9.01. The van der Waals surface area contributed by atoms with E-state index in [1.54, 1.807) is 41.8 Å². The van der Waals surface area contributed by atoms with Crippen molar-refractivity contribution in [2.24, 2.45) is 5.10 Å². The lowest BCUT2D eigenvalue weighted by Gasteiger charge is -2.10. The molecule has 1 aromatic heterocycles. The second-order valence-electron chi connectivity index (χ2n) is 6.32. The number of hydrazone groups is 1. The highest BCUT2D eigenvalue weighted by Gasteiger charge is 2.15. The monoisotopic (exact) mass is 421 g/mol. The summed E-state index contributed by atoms with van der Waals surface area (Å²) in [6, 6.07) is 15.7. The van der Waals surface area contributed by atoms with Gasteiger partial charge in [-0.3, -0.25) is 9.59 Å². The molecule has 152 valence electrons. The first-order chi connectivity index (χ1) is 14.5. The molecule has 0 saturated heterocycles. The number of thiophene rings is 1. The van der Waals surface area contributed by atoms with E-state index in [-0.39, 0.29) is 5.75 Å². The van der Waals surface area contributed by atoms with E-state index in [0.29, 0.717) is 16.1 Å². The van der Waals surface area contributed by atoms with Crippen LogP contribution in [0.1, 0.15) is 26.4 Å². The van der Waals surface area contributed by atoms with Crippen LogP contribution in [0.2, 0.25) is 0 Å². The summed E-state index contributed by atoms with van der Waals surface area (Å²) in [6.45, 7) is 3.68. The number of aryl methyl sites for hydroxylation is 2. The molecule has 0 fully saturated rings. The third-order valence-electron chi connectivity index (χ3n) is 4.14. The third kappa shape index (κ3) is 5.18. The number of carbonyl (C=O) groups excluding carboxylic acids is 3. The number of hydrogen-bond acceptors (Lipinski definition) is 6. The van der Waals surface area contributed by atoms with Crippen molar-refractivity contribution in [1.82, 2.24) is 5.43 Å². The van der Waals surface area contributed by atoms with Gasteiger partial charge < -0.3 is 10.1 Å². The van der Waals surface area contributed by atoms with Gasteiger partial charge in [-0.05, 0) is 48.6 Å². The summed E-state index contributed by atoms with van der Waals surface area (Å²) >= 11 is 1.27. The SMILES string of the molecule is Cc1cccc(C)c1NC(=O)C(=O)N/N=C/c1ccccc1OC(=O)c1cccs1. The van der Waals surface area contributed by atoms with Crippen LogP contribution in [0.5, 0.6) is 5.75 Å². The number of carbonyl (C=O) groups is 3. The molecule has 1 heterocycles. The molecule has 0 unspecified atom stereocenters. The van der Waals surface area contributed by atoms with Crippen molar-refractivity contribution in [2.75, 3.05) is 5.32 Å². The van der Waals surface area contributed by atoms with Crippen molar-refractivity contribution in [3.63, 3.8) is 0 Å². The van der Waals surface area contributed by atoms with Crippen LogP contribution in [0, 0.1) is 13.8 Å². The number of para-hydroxylation sites is 2. The number of esters is 1. The molecular weight excluding hydrogens is 402 g/mol. The quantitative estimate of drug-likeness (QED) is 0.216. The Morgan fingerprint density at radius 1 is 0.933 bits per heavy atom. The van der Waals surface area contributed by atoms with E-state index in [0.717, 1.165) is 11.1 Å². The van der Waals surface area contributed by atoms with Gasteiger partial charge in [-0.25, -0.2) is 10.2 Å². The highest BCUT2D eigenvalue weighted by molar-refractivity contribution is 7.12. The van der Waals surface area contributed by atoms with Gasteiger partial charge in [0.15, 0.2) is 0 Å². The van der Waals surface area contributed by atoms with Crippen molar-refractivity contribution in [3.05, 3.63) is 81.5 Å². The molecule has 0 spiro atoms. The van der Waals surface area contributed by atoms with Crippen LogP contribution in [0.15, 0.2) is 65.1 Å². The van der Waals surface area contributed by atoms with Crippen molar-refractivity contribution >= 4 is 41.0 Å². The van der Waals surface area contributed by atoms with Gasteiger partial charge in [0.25, 0.3) is 0 Å². The molecule has 2 amide bonds. The normalized spacial score (nSPS) is 10.6. The maximum atomic E-state index is 12.1. The number of nitrogens with zero attached hydrogens (tertiary/aromatic N) is 1. The Labute approximate surface area is 177 Å². The number of benzene rings is 2. The largest absolute Gasteiger partial charge is 0.422 e. The number of rotatable bonds is 5. The lowest BCUT2D eigenvalue weighted by molar-refractivity contribution is -0.136. The van der Waals surface area contributed by atoms with Gasteiger partial charge in [-0.15, -0.1) is 11.3 Å². The molecule has 3 aromatic rings. The van der Waals surface area contributed by atoms with Crippen molar-refractivity contribution in [3.8, 4) is 5.75 Å². The Balaban J connectivity index is 1.63. The van der Waals surface area contributed by atoms with Gasteiger partial charge in [0.05, 0.1) is 6.21 Å². The predicted molar refractivity (Wildman–Crippen MR) is 116 cm³/mol. The minimum atomic E-state index is -0.915. The molecule has 3 rings (SSSR count). The van der Waals surface area contributed by atoms with E-state index in [2.05, 4.69) is 15.8 Å².